The lowest BCUT2D eigenvalue weighted by Crippen LogP contribution is -2.08. The number of aryl methyl sites for hydroxylation is 1. The van der Waals surface area contributed by atoms with Crippen LogP contribution in [-0.4, -0.2) is 30.3 Å². The number of hydrogen-bond donors (Lipinski definition) is 0. The minimum absolute atomic E-state index is 0.528. The zero-order valence-electron chi connectivity index (χ0n) is 10.9. The molecule has 0 fully saturated rings. The topological polar surface area (TPSA) is 44.2 Å². The lowest BCUT2D eigenvalue weighted by molar-refractivity contribution is 0.143. The highest BCUT2D eigenvalue weighted by molar-refractivity contribution is 5.28. The van der Waals surface area contributed by atoms with Gasteiger partial charge in [0.2, 0.25) is 5.88 Å². The Morgan fingerprint density at radius 3 is 2.44 bits per heavy atom. The van der Waals surface area contributed by atoms with E-state index in [0.29, 0.717) is 19.1 Å². The van der Waals surface area contributed by atoms with E-state index < -0.39 is 0 Å². The van der Waals surface area contributed by atoms with Crippen molar-refractivity contribution in [1.82, 2.24) is 9.97 Å². The molecule has 0 aromatic carbocycles. The van der Waals surface area contributed by atoms with Gasteiger partial charge in [-0.05, 0) is 13.3 Å². The molecule has 1 rings (SSSR count). The van der Waals surface area contributed by atoms with Crippen molar-refractivity contribution in [1.29, 1.82) is 0 Å². The molecular formula is C12H22N2O2. The van der Waals surface area contributed by atoms with Crippen molar-refractivity contribution >= 4 is 0 Å². The molecule has 0 aliphatic heterocycles. The van der Waals surface area contributed by atoms with Gasteiger partial charge in [0.05, 0.1) is 6.61 Å². The normalized spacial score (nSPS) is 9.31. The van der Waals surface area contributed by atoms with Gasteiger partial charge < -0.3 is 9.47 Å². The van der Waals surface area contributed by atoms with Crippen molar-refractivity contribution in [2.75, 3.05) is 20.3 Å². The third-order valence-electron chi connectivity index (χ3n) is 2.00. The second kappa shape index (κ2) is 9.09. The molecule has 0 saturated heterocycles. The van der Waals surface area contributed by atoms with Gasteiger partial charge in [-0.25, -0.2) is 9.97 Å². The molecule has 0 N–H and O–H groups in total. The van der Waals surface area contributed by atoms with Crippen LogP contribution in [0.3, 0.4) is 0 Å². The fourth-order valence-corrected chi connectivity index (χ4v) is 1.23. The van der Waals surface area contributed by atoms with E-state index in [1.807, 2.05) is 20.8 Å². The number of aromatic nitrogens is 2. The third kappa shape index (κ3) is 4.57. The average Bonchev–Trinajstić information content (AvgIpc) is 2.32. The van der Waals surface area contributed by atoms with Gasteiger partial charge >= 0.3 is 0 Å². The number of rotatable bonds is 5. The molecule has 1 aromatic rings. The summed E-state index contributed by atoms with van der Waals surface area (Å²) >= 11 is 0. The monoisotopic (exact) mass is 226 g/mol. The second-order valence-electron chi connectivity index (χ2n) is 2.94. The van der Waals surface area contributed by atoms with Crippen LogP contribution in [0.4, 0.5) is 0 Å². The predicted molar refractivity (Wildman–Crippen MR) is 64.9 cm³/mol. The van der Waals surface area contributed by atoms with Crippen LogP contribution in [0.5, 0.6) is 5.88 Å². The largest absolute Gasteiger partial charge is 0.475 e. The smallest absolute Gasteiger partial charge is 0.219 e. The number of nitrogens with zero attached hydrogens (tertiary/aromatic N) is 2. The van der Waals surface area contributed by atoms with Crippen molar-refractivity contribution < 1.29 is 9.47 Å². The lowest BCUT2D eigenvalue weighted by Gasteiger charge is -2.09. The molecule has 16 heavy (non-hydrogen) atoms. The molecule has 4 nitrogen and oxygen atoms in total. The van der Waals surface area contributed by atoms with Gasteiger partial charge in [0, 0.05) is 18.4 Å². The maximum absolute atomic E-state index is 5.47. The molecular weight excluding hydrogens is 204 g/mol. The standard InChI is InChI=1S/C10H16N2O2.C2H6/c1-4-9-8(2)11-7-12-10(9)14-6-5-13-3;1-2/h7H,4-6H2,1-3H3;1-2H3. The Morgan fingerprint density at radius 2 is 1.88 bits per heavy atom. The summed E-state index contributed by atoms with van der Waals surface area (Å²) in [6.45, 7) is 9.13. The lowest BCUT2D eigenvalue weighted by atomic mass is 10.2. The Bertz CT molecular complexity index is 290. The van der Waals surface area contributed by atoms with Crippen LogP contribution in [-0.2, 0) is 11.2 Å². The van der Waals surface area contributed by atoms with E-state index in [2.05, 4.69) is 16.9 Å². The van der Waals surface area contributed by atoms with Crippen molar-refractivity contribution in [2.24, 2.45) is 0 Å². The van der Waals surface area contributed by atoms with Crippen molar-refractivity contribution in [3.63, 3.8) is 0 Å². The van der Waals surface area contributed by atoms with Crippen molar-refractivity contribution in [3.05, 3.63) is 17.6 Å². The van der Waals surface area contributed by atoms with Gasteiger partial charge in [-0.3, -0.25) is 0 Å². The minimum Gasteiger partial charge on any atom is -0.475 e. The van der Waals surface area contributed by atoms with E-state index in [1.165, 1.54) is 6.33 Å². The van der Waals surface area contributed by atoms with Crippen LogP contribution in [0.25, 0.3) is 0 Å². The average molecular weight is 226 g/mol. The van der Waals surface area contributed by atoms with Crippen LogP contribution >= 0.6 is 0 Å². The van der Waals surface area contributed by atoms with Gasteiger partial charge in [0.25, 0.3) is 0 Å². The summed E-state index contributed by atoms with van der Waals surface area (Å²) < 4.78 is 10.4. The molecule has 0 atom stereocenters. The van der Waals surface area contributed by atoms with Crippen LogP contribution in [0, 0.1) is 6.92 Å². The van der Waals surface area contributed by atoms with Crippen LogP contribution in [0.1, 0.15) is 32.0 Å². The van der Waals surface area contributed by atoms with E-state index in [-0.39, 0.29) is 0 Å². The molecule has 1 aromatic heterocycles. The molecule has 0 aliphatic carbocycles. The molecule has 0 aliphatic rings. The summed E-state index contributed by atoms with van der Waals surface area (Å²) in [4.78, 5) is 8.21. The SMILES string of the molecule is CC.CCc1c(C)ncnc1OCCOC. The number of hydrogen-bond acceptors (Lipinski definition) is 4. The van der Waals surface area contributed by atoms with Gasteiger partial charge in [0.1, 0.15) is 12.9 Å². The predicted octanol–water partition coefficient (Wildman–Crippen LogP) is 2.40. The van der Waals surface area contributed by atoms with Crippen LogP contribution in [0.15, 0.2) is 6.33 Å². The molecule has 0 saturated carbocycles. The first-order chi connectivity index (χ1) is 7.79. The summed E-state index contributed by atoms with van der Waals surface area (Å²) in [5.41, 5.74) is 2.05. The van der Waals surface area contributed by atoms with E-state index in [0.717, 1.165) is 17.7 Å². The van der Waals surface area contributed by atoms with E-state index in [9.17, 15) is 0 Å². The highest BCUT2D eigenvalue weighted by Gasteiger charge is 2.06. The zero-order chi connectivity index (χ0) is 12.4. The van der Waals surface area contributed by atoms with E-state index in [1.54, 1.807) is 7.11 Å². The first-order valence-electron chi connectivity index (χ1n) is 5.71. The third-order valence-corrected chi connectivity index (χ3v) is 2.00. The van der Waals surface area contributed by atoms with Crippen LogP contribution in [0.2, 0.25) is 0 Å². The molecule has 1 heterocycles. The van der Waals surface area contributed by atoms with E-state index in [4.69, 9.17) is 9.47 Å². The fourth-order valence-electron chi connectivity index (χ4n) is 1.23. The van der Waals surface area contributed by atoms with Crippen molar-refractivity contribution in [3.8, 4) is 5.88 Å². The summed E-state index contributed by atoms with van der Waals surface area (Å²) in [5, 5.41) is 0. The molecule has 4 heteroatoms. The minimum atomic E-state index is 0.528. The quantitative estimate of drug-likeness (QED) is 0.723. The van der Waals surface area contributed by atoms with Gasteiger partial charge in [0.15, 0.2) is 0 Å². The first-order valence-corrected chi connectivity index (χ1v) is 5.71. The van der Waals surface area contributed by atoms with E-state index >= 15 is 0 Å². The molecule has 0 radical (unpaired) electrons. The summed E-state index contributed by atoms with van der Waals surface area (Å²) in [7, 11) is 1.65. The highest BCUT2D eigenvalue weighted by Crippen LogP contribution is 2.17. The summed E-state index contributed by atoms with van der Waals surface area (Å²) in [6, 6.07) is 0. The molecule has 92 valence electrons. The van der Waals surface area contributed by atoms with Gasteiger partial charge in [-0.2, -0.15) is 0 Å². The Balaban J connectivity index is 0.00000106. The maximum atomic E-state index is 5.47. The highest BCUT2D eigenvalue weighted by atomic mass is 16.5. The van der Waals surface area contributed by atoms with Gasteiger partial charge in [-0.1, -0.05) is 20.8 Å². The molecule has 0 amide bonds. The number of ether oxygens (including phenoxy) is 2. The second-order valence-corrected chi connectivity index (χ2v) is 2.94. The molecule has 0 bridgehead atoms. The van der Waals surface area contributed by atoms with Gasteiger partial charge in [-0.15, -0.1) is 0 Å². The number of methoxy groups -OCH3 is 1. The Hall–Kier alpha value is -1.16. The Kier molecular flexibility index (Phi) is 8.43. The van der Waals surface area contributed by atoms with Crippen LogP contribution < -0.4 is 4.74 Å². The molecule has 0 unspecified atom stereocenters. The summed E-state index contributed by atoms with van der Waals surface area (Å²) in [6.07, 6.45) is 2.41. The zero-order valence-corrected chi connectivity index (χ0v) is 10.9. The summed E-state index contributed by atoms with van der Waals surface area (Å²) in [5.74, 6) is 0.678. The first kappa shape index (κ1) is 14.8. The Labute approximate surface area is 98.0 Å². The Morgan fingerprint density at radius 1 is 1.19 bits per heavy atom. The maximum Gasteiger partial charge on any atom is 0.219 e. The molecule has 0 spiro atoms. The van der Waals surface area contributed by atoms with Crippen molar-refractivity contribution in [2.45, 2.75) is 34.1 Å². The fraction of sp³-hybridized carbons (Fsp3) is 0.667.